The number of nitrogens with two attached hydrogens (primary N) is 2. The van der Waals surface area contributed by atoms with Gasteiger partial charge in [0, 0.05) is 35.9 Å². The smallest absolute Gasteiger partial charge is 0.200 e. The summed E-state index contributed by atoms with van der Waals surface area (Å²) in [4.78, 5) is 17.4. The molecular weight excluding hydrogens is 388 g/mol. The Hall–Kier alpha value is -4.59. The van der Waals surface area contributed by atoms with Crippen molar-refractivity contribution < 1.29 is 0 Å². The van der Waals surface area contributed by atoms with Gasteiger partial charge in [-0.2, -0.15) is 0 Å². The first kappa shape index (κ1) is 18.4. The number of hydrogen-bond acceptors (Lipinski definition) is 7. The minimum atomic E-state index is 0.316. The summed E-state index contributed by atoms with van der Waals surface area (Å²) >= 11 is 0. The molecule has 0 bridgehead atoms. The Morgan fingerprint density at radius 2 is 1.61 bits per heavy atom. The van der Waals surface area contributed by atoms with Crippen LogP contribution in [0.5, 0.6) is 0 Å². The molecule has 5 rings (SSSR count). The molecule has 0 saturated heterocycles. The van der Waals surface area contributed by atoms with Crippen LogP contribution in [-0.4, -0.2) is 29.7 Å². The van der Waals surface area contributed by atoms with E-state index in [1.807, 2.05) is 60.7 Å². The van der Waals surface area contributed by atoms with Gasteiger partial charge in [0.15, 0.2) is 5.82 Å². The Morgan fingerprint density at radius 3 is 2.35 bits per heavy atom. The van der Waals surface area contributed by atoms with Crippen LogP contribution in [0.15, 0.2) is 85.5 Å². The highest BCUT2D eigenvalue weighted by molar-refractivity contribution is 5.82. The van der Waals surface area contributed by atoms with Crippen molar-refractivity contribution in [1.82, 2.24) is 29.7 Å². The van der Waals surface area contributed by atoms with E-state index in [9.17, 15) is 0 Å². The van der Waals surface area contributed by atoms with Crippen LogP contribution in [-0.2, 0) is 0 Å². The quantitative estimate of drug-likeness (QED) is 0.467. The Labute approximate surface area is 178 Å². The molecule has 4 N–H and O–H groups in total. The third-order valence-corrected chi connectivity index (χ3v) is 4.86. The number of hydrogen-bond donors (Lipinski definition) is 2. The molecule has 0 radical (unpaired) electrons. The zero-order valence-electron chi connectivity index (χ0n) is 16.4. The standard InChI is InChI=1S/C23H18N8/c24-20-18(10-13-28-21(20)25)15-6-8-17(9-7-15)31-23(16-4-3-11-26-14-16)29-22(30-31)19-5-1-2-12-27-19/h1-14H,24H2,(H2,25,28). The van der Waals surface area contributed by atoms with Crippen molar-refractivity contribution in [3.05, 3.63) is 85.5 Å². The van der Waals surface area contributed by atoms with Crippen molar-refractivity contribution >= 4 is 11.5 Å². The Morgan fingerprint density at radius 1 is 0.742 bits per heavy atom. The van der Waals surface area contributed by atoms with Crippen molar-refractivity contribution in [2.24, 2.45) is 0 Å². The molecule has 1 aromatic carbocycles. The molecule has 4 aromatic heterocycles. The van der Waals surface area contributed by atoms with E-state index in [1.165, 1.54) is 0 Å². The summed E-state index contributed by atoms with van der Waals surface area (Å²) < 4.78 is 1.79. The highest BCUT2D eigenvalue weighted by Crippen LogP contribution is 2.30. The van der Waals surface area contributed by atoms with E-state index < -0.39 is 0 Å². The third-order valence-electron chi connectivity index (χ3n) is 4.86. The van der Waals surface area contributed by atoms with Crippen LogP contribution < -0.4 is 11.5 Å². The maximum absolute atomic E-state index is 6.10. The van der Waals surface area contributed by atoms with Crippen LogP contribution in [0, 0.1) is 0 Å². The fraction of sp³-hybridized carbons (Fsp3) is 0. The number of rotatable bonds is 4. The first-order valence-corrected chi connectivity index (χ1v) is 9.60. The molecule has 0 aliphatic carbocycles. The second-order valence-corrected chi connectivity index (χ2v) is 6.83. The molecule has 150 valence electrons. The van der Waals surface area contributed by atoms with E-state index in [4.69, 9.17) is 21.5 Å². The van der Waals surface area contributed by atoms with Crippen LogP contribution >= 0.6 is 0 Å². The summed E-state index contributed by atoms with van der Waals surface area (Å²) in [7, 11) is 0. The first-order valence-electron chi connectivity index (χ1n) is 9.60. The van der Waals surface area contributed by atoms with Gasteiger partial charge in [-0.1, -0.05) is 18.2 Å². The Balaban J connectivity index is 1.61. The highest BCUT2D eigenvalue weighted by Gasteiger charge is 2.16. The second-order valence-electron chi connectivity index (χ2n) is 6.83. The fourth-order valence-electron chi connectivity index (χ4n) is 3.30. The van der Waals surface area contributed by atoms with Crippen LogP contribution in [0.3, 0.4) is 0 Å². The van der Waals surface area contributed by atoms with E-state index in [1.54, 1.807) is 29.5 Å². The zero-order valence-corrected chi connectivity index (χ0v) is 16.4. The lowest BCUT2D eigenvalue weighted by Gasteiger charge is -2.09. The molecule has 0 amide bonds. The SMILES string of the molecule is Nc1nccc(-c2ccc(-n3nc(-c4ccccn4)nc3-c3cccnc3)cc2)c1N. The molecule has 0 spiro atoms. The van der Waals surface area contributed by atoms with Gasteiger partial charge in [-0.05, 0) is 48.0 Å². The molecule has 0 aliphatic heterocycles. The lowest BCUT2D eigenvalue weighted by molar-refractivity contribution is 0.888. The lowest BCUT2D eigenvalue weighted by atomic mass is 10.0. The lowest BCUT2D eigenvalue weighted by Crippen LogP contribution is -2.01. The molecular formula is C23H18N8. The summed E-state index contributed by atoms with van der Waals surface area (Å²) in [5, 5.41) is 4.72. The summed E-state index contributed by atoms with van der Waals surface area (Å²) in [6.07, 6.45) is 6.85. The van der Waals surface area contributed by atoms with Gasteiger partial charge in [0.2, 0.25) is 5.82 Å². The monoisotopic (exact) mass is 406 g/mol. The summed E-state index contributed by atoms with van der Waals surface area (Å²) in [5.74, 6) is 1.53. The molecule has 0 fully saturated rings. The number of nitrogen functional groups attached to an aromatic ring is 2. The van der Waals surface area contributed by atoms with E-state index in [0.717, 1.165) is 22.4 Å². The molecule has 8 nitrogen and oxygen atoms in total. The number of benzene rings is 1. The van der Waals surface area contributed by atoms with Crippen LogP contribution in [0.2, 0.25) is 0 Å². The number of pyridine rings is 3. The van der Waals surface area contributed by atoms with Gasteiger partial charge < -0.3 is 11.5 Å². The van der Waals surface area contributed by atoms with Gasteiger partial charge in [0.05, 0.1) is 11.4 Å². The minimum absolute atomic E-state index is 0.316. The molecule has 4 heterocycles. The predicted molar refractivity (Wildman–Crippen MR) is 120 cm³/mol. The topological polar surface area (TPSA) is 121 Å². The van der Waals surface area contributed by atoms with Gasteiger partial charge >= 0.3 is 0 Å². The van der Waals surface area contributed by atoms with E-state index in [-0.39, 0.29) is 0 Å². The average Bonchev–Trinajstić information content (AvgIpc) is 3.28. The number of nitrogens with zero attached hydrogens (tertiary/aromatic N) is 6. The van der Waals surface area contributed by atoms with Crippen LogP contribution in [0.1, 0.15) is 0 Å². The molecule has 31 heavy (non-hydrogen) atoms. The summed E-state index contributed by atoms with van der Waals surface area (Å²) in [6.45, 7) is 0. The van der Waals surface area contributed by atoms with Crippen molar-refractivity contribution in [3.63, 3.8) is 0 Å². The molecule has 0 atom stereocenters. The first-order chi connectivity index (χ1) is 15.2. The van der Waals surface area contributed by atoms with Crippen molar-refractivity contribution in [1.29, 1.82) is 0 Å². The minimum Gasteiger partial charge on any atom is -0.395 e. The van der Waals surface area contributed by atoms with Crippen LogP contribution in [0.25, 0.3) is 39.7 Å². The fourth-order valence-corrected chi connectivity index (χ4v) is 3.30. The number of aromatic nitrogens is 6. The number of anilines is 2. The van der Waals surface area contributed by atoms with Crippen molar-refractivity contribution in [2.75, 3.05) is 11.5 Å². The van der Waals surface area contributed by atoms with Gasteiger partial charge in [-0.15, -0.1) is 5.10 Å². The molecule has 0 unspecified atom stereocenters. The van der Waals surface area contributed by atoms with Crippen LogP contribution in [0.4, 0.5) is 11.5 Å². The molecule has 5 aromatic rings. The third kappa shape index (κ3) is 3.46. The molecule has 8 heteroatoms. The maximum Gasteiger partial charge on any atom is 0.200 e. The summed E-state index contributed by atoms with van der Waals surface area (Å²) in [5.41, 5.74) is 16.6. The van der Waals surface area contributed by atoms with E-state index in [2.05, 4.69) is 15.0 Å². The second kappa shape index (κ2) is 7.68. The molecule has 0 saturated carbocycles. The molecule has 0 aliphatic rings. The largest absolute Gasteiger partial charge is 0.395 e. The van der Waals surface area contributed by atoms with Crippen molar-refractivity contribution in [3.8, 4) is 39.7 Å². The highest BCUT2D eigenvalue weighted by atomic mass is 15.4. The van der Waals surface area contributed by atoms with E-state index in [0.29, 0.717) is 28.8 Å². The normalized spacial score (nSPS) is 10.8. The van der Waals surface area contributed by atoms with Gasteiger partial charge in [-0.25, -0.2) is 14.6 Å². The predicted octanol–water partition coefficient (Wildman–Crippen LogP) is 3.62. The van der Waals surface area contributed by atoms with Gasteiger partial charge in [0.25, 0.3) is 0 Å². The van der Waals surface area contributed by atoms with Gasteiger partial charge in [0.1, 0.15) is 11.5 Å². The van der Waals surface area contributed by atoms with E-state index >= 15 is 0 Å². The maximum atomic E-state index is 6.10. The Kier molecular flexibility index (Phi) is 4.57. The van der Waals surface area contributed by atoms with Crippen molar-refractivity contribution in [2.45, 2.75) is 0 Å². The van der Waals surface area contributed by atoms with Gasteiger partial charge in [-0.3, -0.25) is 9.97 Å². The zero-order chi connectivity index (χ0) is 21.2. The average molecular weight is 406 g/mol. The Bertz CT molecular complexity index is 1330. The summed E-state index contributed by atoms with van der Waals surface area (Å²) in [6, 6.07) is 19.2.